The van der Waals surface area contributed by atoms with Gasteiger partial charge in [0.25, 0.3) is 0 Å². The summed E-state index contributed by atoms with van der Waals surface area (Å²) in [6.07, 6.45) is 35.9. The van der Waals surface area contributed by atoms with Gasteiger partial charge in [-0.2, -0.15) is 0 Å². The van der Waals surface area contributed by atoms with Crippen molar-refractivity contribution in [3.05, 3.63) is 0 Å². The molecule has 0 heterocycles. The molecule has 460 valence electrons. The van der Waals surface area contributed by atoms with Crippen LogP contribution in [0.4, 0.5) is 0 Å². The second kappa shape index (κ2) is 53.9. The van der Waals surface area contributed by atoms with Crippen LogP contribution >= 0.6 is 7.82 Å². The molecule has 0 bridgehead atoms. The molecule has 0 aliphatic rings. The van der Waals surface area contributed by atoms with Crippen molar-refractivity contribution < 1.29 is 67.3 Å². The first kappa shape index (κ1) is 75.6. The molecule has 1 amide bonds. The van der Waals surface area contributed by atoms with Gasteiger partial charge < -0.3 is 44.3 Å². The Morgan fingerprint density at radius 3 is 1.05 bits per heavy atom. The van der Waals surface area contributed by atoms with Gasteiger partial charge in [-0.05, 0) is 38.5 Å². The predicted molar refractivity (Wildman–Crippen MR) is 313 cm³/mol. The molecule has 0 spiro atoms. The quantitative estimate of drug-likeness (QED) is 0.0125. The maximum absolute atomic E-state index is 13.9. The highest BCUT2D eigenvalue weighted by atomic mass is 31.2. The van der Waals surface area contributed by atoms with Crippen LogP contribution in [0.5, 0.6) is 0 Å². The molecule has 15 nitrogen and oxygen atoms in total. The van der Waals surface area contributed by atoms with Gasteiger partial charge in [0.1, 0.15) is 36.7 Å². The van der Waals surface area contributed by atoms with Crippen molar-refractivity contribution in [1.29, 1.82) is 0 Å². The van der Waals surface area contributed by atoms with Crippen LogP contribution in [0, 0.1) is 0 Å². The third kappa shape index (κ3) is 47.2. The van der Waals surface area contributed by atoms with Crippen LogP contribution in [0.2, 0.25) is 0 Å². The first-order valence-electron chi connectivity index (χ1n) is 32.1. The number of unbranched alkanes of at least 4 members (excludes halogenated alkanes) is 36. The zero-order chi connectivity index (χ0) is 57.8. The van der Waals surface area contributed by atoms with Gasteiger partial charge in [0, 0.05) is 12.8 Å². The molecule has 0 aliphatic carbocycles. The van der Waals surface area contributed by atoms with Gasteiger partial charge in [-0.1, -0.05) is 259 Å². The van der Waals surface area contributed by atoms with Crippen molar-refractivity contribution in [3.63, 3.8) is 0 Å². The van der Waals surface area contributed by atoms with Crippen LogP contribution in [-0.2, 0) is 47.3 Å². The molecule has 0 saturated heterocycles. The number of rotatable bonds is 59. The largest absolute Gasteiger partial charge is 0.470 e. The highest BCUT2D eigenvalue weighted by Gasteiger charge is 2.43. The van der Waals surface area contributed by atoms with Crippen molar-refractivity contribution in [3.8, 4) is 0 Å². The van der Waals surface area contributed by atoms with Gasteiger partial charge >= 0.3 is 25.7 Å². The Morgan fingerprint density at radius 1 is 0.436 bits per heavy atom. The third-order valence-electron chi connectivity index (χ3n) is 14.9. The first-order valence-corrected chi connectivity index (χ1v) is 33.6. The zero-order valence-electron chi connectivity index (χ0n) is 50.1. The lowest BCUT2D eigenvalue weighted by atomic mass is 10.0. The van der Waals surface area contributed by atoms with E-state index in [9.17, 15) is 48.5 Å². The topological polar surface area (TPSA) is 232 Å². The van der Waals surface area contributed by atoms with Crippen LogP contribution in [0.15, 0.2) is 0 Å². The molecule has 6 atom stereocenters. The fraction of sp³-hybridized carbons (Fsp3) is 0.919. The molecule has 0 fully saturated rings. The summed E-state index contributed by atoms with van der Waals surface area (Å²) in [7, 11) is -5.49. The molecular formula is C62H118NO14P. The van der Waals surface area contributed by atoms with Crippen LogP contribution < -0.4 is 5.32 Å². The van der Waals surface area contributed by atoms with E-state index in [0.717, 1.165) is 89.9 Å². The average Bonchev–Trinajstić information content (AvgIpc) is 3.40. The van der Waals surface area contributed by atoms with Gasteiger partial charge in [0.05, 0.1) is 19.4 Å². The SMILES string of the molecule is CCCCCCCCCCCCCC(=O)OC(CCCCCCCCCCC)CC(=O)NC(C=O)C(OC(=O)CC(CCCCCCCCCCC)OC(=O)CCCCCCCCCCCCC)C(OP(=O)(O)O)C(O)CO. The van der Waals surface area contributed by atoms with E-state index in [1.54, 1.807) is 0 Å². The minimum Gasteiger partial charge on any atom is -0.462 e. The smallest absolute Gasteiger partial charge is 0.462 e. The van der Waals surface area contributed by atoms with Gasteiger partial charge in [-0.25, -0.2) is 4.57 Å². The van der Waals surface area contributed by atoms with Crippen LogP contribution in [0.1, 0.15) is 323 Å². The molecule has 5 N–H and O–H groups in total. The lowest BCUT2D eigenvalue weighted by Gasteiger charge is -2.33. The number of carbonyl (C=O) groups excluding carboxylic acids is 5. The number of hydrogen-bond donors (Lipinski definition) is 5. The van der Waals surface area contributed by atoms with E-state index in [4.69, 9.17) is 18.7 Å². The lowest BCUT2D eigenvalue weighted by molar-refractivity contribution is -0.169. The number of aliphatic hydroxyl groups excluding tert-OH is 2. The van der Waals surface area contributed by atoms with E-state index in [1.165, 1.54) is 141 Å². The maximum Gasteiger partial charge on any atom is 0.470 e. The summed E-state index contributed by atoms with van der Waals surface area (Å²) >= 11 is 0. The number of amides is 1. The second-order valence-electron chi connectivity index (χ2n) is 22.4. The lowest BCUT2D eigenvalue weighted by Crippen LogP contribution is -2.56. The van der Waals surface area contributed by atoms with Crippen molar-refractivity contribution in [2.24, 2.45) is 0 Å². The number of phosphoric ester groups is 1. The van der Waals surface area contributed by atoms with Gasteiger partial charge in [-0.15, -0.1) is 0 Å². The molecule has 0 aromatic carbocycles. The summed E-state index contributed by atoms with van der Waals surface area (Å²) in [4.78, 5) is 87.0. The molecule has 0 aromatic rings. The zero-order valence-corrected chi connectivity index (χ0v) is 51.0. The number of aldehydes is 1. The van der Waals surface area contributed by atoms with Crippen LogP contribution in [0.25, 0.3) is 0 Å². The summed E-state index contributed by atoms with van der Waals surface area (Å²) in [5.74, 6) is -2.74. The fourth-order valence-corrected chi connectivity index (χ4v) is 10.7. The number of phosphoric acid groups is 1. The Labute approximate surface area is 475 Å². The van der Waals surface area contributed by atoms with Crippen molar-refractivity contribution in [2.75, 3.05) is 6.61 Å². The Balaban J connectivity index is 6.12. The first-order chi connectivity index (χ1) is 37.7. The van der Waals surface area contributed by atoms with Crippen molar-refractivity contribution >= 4 is 37.9 Å². The van der Waals surface area contributed by atoms with Crippen LogP contribution in [-0.4, -0.2) is 93.3 Å². The predicted octanol–water partition coefficient (Wildman–Crippen LogP) is 15.3. The minimum atomic E-state index is -5.49. The van der Waals surface area contributed by atoms with Crippen molar-refractivity contribution in [2.45, 2.75) is 360 Å². The van der Waals surface area contributed by atoms with Crippen molar-refractivity contribution in [1.82, 2.24) is 5.32 Å². The van der Waals surface area contributed by atoms with Gasteiger partial charge in [-0.3, -0.25) is 23.7 Å². The molecule has 16 heteroatoms. The number of esters is 3. The van der Waals surface area contributed by atoms with E-state index in [-0.39, 0.29) is 25.5 Å². The van der Waals surface area contributed by atoms with E-state index >= 15 is 0 Å². The summed E-state index contributed by atoms with van der Waals surface area (Å²) in [5, 5.41) is 23.3. The molecule has 0 aromatic heterocycles. The Morgan fingerprint density at radius 2 is 0.744 bits per heavy atom. The van der Waals surface area contributed by atoms with Gasteiger partial charge in [0.15, 0.2) is 6.10 Å². The third-order valence-corrected chi connectivity index (χ3v) is 15.4. The molecule has 78 heavy (non-hydrogen) atoms. The number of nitrogens with one attached hydrogen (secondary N) is 1. The summed E-state index contributed by atoms with van der Waals surface area (Å²) < 4.78 is 34.7. The highest BCUT2D eigenvalue weighted by Crippen LogP contribution is 2.40. The van der Waals surface area contributed by atoms with Gasteiger partial charge in [0.2, 0.25) is 5.91 Å². The number of aliphatic hydroxyl groups is 2. The molecule has 6 unspecified atom stereocenters. The summed E-state index contributed by atoms with van der Waals surface area (Å²) in [6, 6.07) is -1.85. The Hall–Kier alpha value is -2.42. The normalized spacial score (nSPS) is 14.1. The maximum atomic E-state index is 13.9. The van der Waals surface area contributed by atoms with E-state index in [0.29, 0.717) is 38.5 Å². The number of ether oxygens (including phenoxy) is 3. The highest BCUT2D eigenvalue weighted by molar-refractivity contribution is 7.46. The number of hydrogen-bond acceptors (Lipinski definition) is 12. The van der Waals surface area contributed by atoms with E-state index in [1.807, 2.05) is 0 Å². The molecule has 0 aliphatic heterocycles. The molecule has 0 saturated carbocycles. The average molecular weight is 1130 g/mol. The monoisotopic (exact) mass is 1130 g/mol. The Kier molecular flexibility index (Phi) is 52.2. The van der Waals surface area contributed by atoms with Crippen LogP contribution in [0.3, 0.4) is 0 Å². The minimum absolute atomic E-state index is 0.165. The van der Waals surface area contributed by atoms with E-state index < -0.39 is 81.2 Å². The Bertz CT molecular complexity index is 1480. The molecule has 0 rings (SSSR count). The fourth-order valence-electron chi connectivity index (χ4n) is 10.1. The standard InChI is InChI=1S/C62H118NO14P/c1-5-9-13-17-21-25-27-31-35-39-43-47-58(68)74-53(45-41-37-33-29-23-19-15-11-7-3)49-57(67)63-55(51-64)61(62(56(66)52-65)77-78(71,72)73)76-60(70)50-54(46-42-38-34-30-24-20-16-12-8-4)75-59(69)48-44-40-36-32-28-26-22-18-14-10-6-2/h51,53-56,61-62,65-66H,5-50,52H2,1-4H3,(H,63,67)(H2,71,72,73). The second-order valence-corrected chi connectivity index (χ2v) is 23.6. The molecule has 0 radical (unpaired) electrons. The van der Waals surface area contributed by atoms with E-state index in [2.05, 4.69) is 33.0 Å². The summed E-state index contributed by atoms with van der Waals surface area (Å²) in [6.45, 7) is 7.67. The summed E-state index contributed by atoms with van der Waals surface area (Å²) in [5.41, 5.74) is 0. The molecular weight excluding hydrogens is 1010 g/mol. The number of carbonyl (C=O) groups is 5.